The molecule has 0 bridgehead atoms. The molecular formula is C12H15F6NS. The molecule has 0 saturated heterocycles. The topological polar surface area (TPSA) is 26.0 Å². The van der Waals surface area contributed by atoms with Gasteiger partial charge in [0.25, 0.3) is 0 Å². The predicted molar refractivity (Wildman–Crippen MR) is 65.5 cm³/mol. The van der Waals surface area contributed by atoms with Gasteiger partial charge in [-0.15, -0.1) is 11.3 Å². The fourth-order valence-electron chi connectivity index (χ4n) is 1.69. The molecule has 2 N–H and O–H groups in total. The maximum absolute atomic E-state index is 12.6. The molecule has 1 nitrogen and oxygen atoms in total. The maximum Gasteiger partial charge on any atom is 0.402 e. The Kier molecular flexibility index (Phi) is 4.51. The summed E-state index contributed by atoms with van der Waals surface area (Å²) in [7, 11) is 0. The summed E-state index contributed by atoms with van der Waals surface area (Å²) in [5, 5.41) is 0. The predicted octanol–water partition coefficient (Wildman–Crippen LogP) is 4.79. The lowest BCUT2D eigenvalue weighted by molar-refractivity contribution is -0.290. The van der Waals surface area contributed by atoms with Crippen LogP contribution in [0.4, 0.5) is 26.3 Å². The summed E-state index contributed by atoms with van der Waals surface area (Å²) in [6, 6.07) is 0.612. The number of nitrogens with two attached hydrogens (primary N) is 1. The van der Waals surface area contributed by atoms with Gasteiger partial charge in [0.2, 0.25) is 0 Å². The number of hydrogen-bond acceptors (Lipinski definition) is 2. The van der Waals surface area contributed by atoms with Crippen LogP contribution in [0.3, 0.4) is 0 Å². The van der Waals surface area contributed by atoms with Gasteiger partial charge >= 0.3 is 12.4 Å². The molecule has 1 heterocycles. The van der Waals surface area contributed by atoms with Gasteiger partial charge in [-0.3, -0.25) is 0 Å². The highest BCUT2D eigenvalue weighted by molar-refractivity contribution is 7.12. The van der Waals surface area contributed by atoms with Gasteiger partial charge < -0.3 is 5.73 Å². The lowest BCUT2D eigenvalue weighted by Gasteiger charge is -2.27. The third-order valence-electron chi connectivity index (χ3n) is 2.76. The Labute approximate surface area is 116 Å². The third-order valence-corrected chi connectivity index (χ3v) is 4.37. The second-order valence-corrected chi connectivity index (χ2v) is 6.65. The Hall–Kier alpha value is -0.760. The van der Waals surface area contributed by atoms with Gasteiger partial charge in [-0.05, 0) is 17.5 Å². The Bertz CT molecular complexity index is 440. The van der Waals surface area contributed by atoms with Crippen molar-refractivity contribution in [2.75, 3.05) is 0 Å². The highest BCUT2D eigenvalue weighted by Crippen LogP contribution is 2.47. The standard InChI is InChI=1S/C12H15F6NS/c1-10(2,3)7-5-4-6(20-7)8(19)9(11(13,14)15)12(16,17)18/h4-5,8-9H,19H2,1-3H3. The van der Waals surface area contributed by atoms with Gasteiger partial charge in [-0.1, -0.05) is 20.8 Å². The van der Waals surface area contributed by atoms with Gasteiger partial charge in [0.05, 0.1) is 6.04 Å². The van der Waals surface area contributed by atoms with Crippen molar-refractivity contribution in [1.29, 1.82) is 0 Å². The van der Waals surface area contributed by atoms with Gasteiger partial charge in [0.15, 0.2) is 5.92 Å². The van der Waals surface area contributed by atoms with Crippen LogP contribution in [0.5, 0.6) is 0 Å². The molecule has 0 spiro atoms. The minimum Gasteiger partial charge on any atom is -0.322 e. The summed E-state index contributed by atoms with van der Waals surface area (Å²) in [6.45, 7) is 5.46. The zero-order valence-electron chi connectivity index (χ0n) is 11.1. The Morgan fingerprint density at radius 1 is 0.950 bits per heavy atom. The van der Waals surface area contributed by atoms with Crippen LogP contribution in [0.2, 0.25) is 0 Å². The van der Waals surface area contributed by atoms with E-state index < -0.39 is 24.3 Å². The summed E-state index contributed by atoms with van der Waals surface area (Å²) in [6.07, 6.45) is -10.9. The number of hydrogen-bond donors (Lipinski definition) is 1. The molecule has 0 amide bonds. The van der Waals surface area contributed by atoms with Crippen molar-refractivity contribution >= 4 is 11.3 Å². The highest BCUT2D eigenvalue weighted by Gasteiger charge is 2.60. The lowest BCUT2D eigenvalue weighted by Crippen LogP contribution is -2.43. The Balaban J connectivity index is 3.14. The highest BCUT2D eigenvalue weighted by atomic mass is 32.1. The smallest absolute Gasteiger partial charge is 0.322 e. The monoisotopic (exact) mass is 319 g/mol. The van der Waals surface area contributed by atoms with E-state index in [1.165, 1.54) is 12.1 Å². The number of halogens is 6. The molecule has 1 aromatic rings. The molecule has 0 saturated carbocycles. The summed E-state index contributed by atoms with van der Waals surface area (Å²) in [5.74, 6) is -3.55. The summed E-state index contributed by atoms with van der Waals surface area (Å²) in [4.78, 5) is 0.570. The molecule has 0 aliphatic rings. The van der Waals surface area contributed by atoms with Crippen LogP contribution in [0.25, 0.3) is 0 Å². The number of alkyl halides is 6. The van der Waals surface area contributed by atoms with E-state index in [-0.39, 0.29) is 10.3 Å². The van der Waals surface area contributed by atoms with Gasteiger partial charge in [0.1, 0.15) is 0 Å². The molecule has 0 radical (unpaired) electrons. The van der Waals surface area contributed by atoms with Crippen molar-refractivity contribution in [2.45, 2.75) is 44.6 Å². The van der Waals surface area contributed by atoms with E-state index in [0.29, 0.717) is 4.88 Å². The van der Waals surface area contributed by atoms with Crippen LogP contribution >= 0.6 is 11.3 Å². The van der Waals surface area contributed by atoms with Gasteiger partial charge in [0, 0.05) is 9.75 Å². The zero-order chi connectivity index (χ0) is 15.9. The summed E-state index contributed by atoms with van der Waals surface area (Å²) in [5.41, 5.74) is 4.89. The van der Waals surface area contributed by atoms with Gasteiger partial charge in [-0.2, -0.15) is 26.3 Å². The molecule has 1 unspecified atom stereocenters. The van der Waals surface area contributed by atoms with Crippen LogP contribution in [0.15, 0.2) is 12.1 Å². The minimum atomic E-state index is -5.43. The van der Waals surface area contributed by atoms with Crippen molar-refractivity contribution in [1.82, 2.24) is 0 Å². The normalized spacial score (nSPS) is 15.8. The molecule has 8 heteroatoms. The first-order valence-electron chi connectivity index (χ1n) is 5.74. The van der Waals surface area contributed by atoms with E-state index in [4.69, 9.17) is 5.73 Å². The summed E-state index contributed by atoms with van der Waals surface area (Å²) < 4.78 is 75.6. The van der Waals surface area contributed by atoms with Crippen LogP contribution in [-0.4, -0.2) is 12.4 Å². The fourth-order valence-corrected chi connectivity index (χ4v) is 2.80. The van der Waals surface area contributed by atoms with E-state index in [1.807, 2.05) is 20.8 Å². The number of thiophene rings is 1. The van der Waals surface area contributed by atoms with Gasteiger partial charge in [-0.25, -0.2) is 0 Å². The molecule has 116 valence electrons. The Morgan fingerprint density at radius 2 is 1.40 bits per heavy atom. The molecule has 1 atom stereocenters. The molecule has 0 aromatic carbocycles. The van der Waals surface area contributed by atoms with E-state index in [0.717, 1.165) is 11.3 Å². The largest absolute Gasteiger partial charge is 0.402 e. The molecule has 1 rings (SSSR count). The van der Waals surface area contributed by atoms with E-state index in [1.54, 1.807) is 0 Å². The first-order chi connectivity index (χ1) is 8.74. The molecule has 0 aliphatic carbocycles. The van der Waals surface area contributed by atoms with Crippen LogP contribution in [0, 0.1) is 5.92 Å². The van der Waals surface area contributed by atoms with E-state index >= 15 is 0 Å². The van der Waals surface area contributed by atoms with Crippen molar-refractivity contribution in [3.8, 4) is 0 Å². The van der Waals surface area contributed by atoms with Crippen molar-refractivity contribution in [2.24, 2.45) is 11.7 Å². The third kappa shape index (κ3) is 3.88. The van der Waals surface area contributed by atoms with Crippen LogP contribution in [0.1, 0.15) is 36.6 Å². The second-order valence-electron chi connectivity index (χ2n) is 5.54. The zero-order valence-corrected chi connectivity index (χ0v) is 11.9. The van der Waals surface area contributed by atoms with Crippen LogP contribution < -0.4 is 5.73 Å². The minimum absolute atomic E-state index is 0.116. The maximum atomic E-state index is 12.6. The fraction of sp³-hybridized carbons (Fsp3) is 0.667. The quantitative estimate of drug-likeness (QED) is 0.780. The average Bonchev–Trinajstić information content (AvgIpc) is 2.59. The average molecular weight is 319 g/mol. The first-order valence-corrected chi connectivity index (χ1v) is 6.55. The SMILES string of the molecule is CC(C)(C)c1ccc(C(N)C(C(F)(F)F)C(F)(F)F)s1. The lowest BCUT2D eigenvalue weighted by atomic mass is 9.94. The summed E-state index contributed by atoms with van der Waals surface area (Å²) >= 11 is 0.883. The van der Waals surface area contributed by atoms with E-state index in [2.05, 4.69) is 0 Å². The molecule has 0 aliphatic heterocycles. The van der Waals surface area contributed by atoms with E-state index in [9.17, 15) is 26.3 Å². The van der Waals surface area contributed by atoms with Crippen molar-refractivity contribution < 1.29 is 26.3 Å². The Morgan fingerprint density at radius 3 is 1.70 bits per heavy atom. The number of rotatable bonds is 2. The molecule has 0 fully saturated rings. The first kappa shape index (κ1) is 17.3. The molecule has 1 aromatic heterocycles. The second kappa shape index (κ2) is 5.22. The van der Waals surface area contributed by atoms with Crippen LogP contribution in [-0.2, 0) is 5.41 Å². The molecular weight excluding hydrogens is 304 g/mol. The van der Waals surface area contributed by atoms with Crippen molar-refractivity contribution in [3.05, 3.63) is 21.9 Å². The molecule has 20 heavy (non-hydrogen) atoms. The van der Waals surface area contributed by atoms with Crippen molar-refractivity contribution in [3.63, 3.8) is 0 Å².